The highest BCUT2D eigenvalue weighted by Crippen LogP contribution is 2.32. The Kier molecular flexibility index (Phi) is 4.56. The summed E-state index contributed by atoms with van der Waals surface area (Å²) in [5, 5.41) is 3.76. The highest BCUT2D eigenvalue weighted by molar-refractivity contribution is 6.43. The van der Waals surface area contributed by atoms with Crippen LogP contribution in [0.4, 0.5) is 0 Å². The molecule has 7 nitrogen and oxygen atoms in total. The van der Waals surface area contributed by atoms with Crippen molar-refractivity contribution in [2.75, 3.05) is 26.9 Å². The molecule has 1 aliphatic rings. The van der Waals surface area contributed by atoms with Crippen LogP contribution >= 0.6 is 0 Å². The Hall–Kier alpha value is -2.90. The molecular formula is C21H22N2O5. The fourth-order valence-electron chi connectivity index (χ4n) is 3.76. The van der Waals surface area contributed by atoms with Crippen molar-refractivity contribution in [1.29, 1.82) is 0 Å². The smallest absolute Gasteiger partial charge is 0.294 e. The van der Waals surface area contributed by atoms with Gasteiger partial charge in [-0.3, -0.25) is 9.59 Å². The summed E-state index contributed by atoms with van der Waals surface area (Å²) in [7, 11) is 1.55. The number of amides is 1. The third-order valence-electron chi connectivity index (χ3n) is 5.17. The quantitative estimate of drug-likeness (QED) is 0.505. The zero-order chi connectivity index (χ0) is 19.9. The number of aromatic nitrogens is 1. The Bertz CT molecular complexity index is 1060. The van der Waals surface area contributed by atoms with E-state index >= 15 is 0 Å². The first-order valence-corrected chi connectivity index (χ1v) is 9.04. The van der Waals surface area contributed by atoms with E-state index in [0.29, 0.717) is 25.5 Å². The Morgan fingerprint density at radius 3 is 2.71 bits per heavy atom. The van der Waals surface area contributed by atoms with Gasteiger partial charge in [0.2, 0.25) is 0 Å². The van der Waals surface area contributed by atoms with Gasteiger partial charge < -0.3 is 24.2 Å². The number of nitrogens with one attached hydrogen (secondary N) is 2. The molecule has 146 valence electrons. The monoisotopic (exact) mass is 382 g/mol. The molecule has 0 spiro atoms. The van der Waals surface area contributed by atoms with Gasteiger partial charge in [0.1, 0.15) is 11.1 Å². The van der Waals surface area contributed by atoms with Gasteiger partial charge in [-0.25, -0.2) is 0 Å². The fourth-order valence-corrected chi connectivity index (χ4v) is 3.76. The van der Waals surface area contributed by atoms with Crippen molar-refractivity contribution in [3.05, 3.63) is 47.5 Å². The molecule has 0 radical (unpaired) electrons. The van der Waals surface area contributed by atoms with Crippen molar-refractivity contribution >= 4 is 22.7 Å². The molecule has 0 atom stereocenters. The SMILES string of the molecule is COCC1(NC(=O)C(=O)c2[nH]c(C)c(-c3ccc4occc4c3)c2C)COC1. The number of methoxy groups -OCH3 is 1. The molecule has 0 bridgehead atoms. The van der Waals surface area contributed by atoms with Crippen LogP contribution in [0.3, 0.4) is 0 Å². The second-order valence-electron chi connectivity index (χ2n) is 7.29. The lowest BCUT2D eigenvalue weighted by molar-refractivity contribution is -0.135. The van der Waals surface area contributed by atoms with Gasteiger partial charge in [0.05, 0.1) is 31.8 Å². The molecule has 1 fully saturated rings. The number of rotatable bonds is 6. The van der Waals surface area contributed by atoms with Crippen LogP contribution in [0.5, 0.6) is 0 Å². The van der Waals surface area contributed by atoms with Gasteiger partial charge in [0, 0.05) is 23.8 Å². The van der Waals surface area contributed by atoms with E-state index in [-0.39, 0.29) is 0 Å². The minimum atomic E-state index is -0.665. The lowest BCUT2D eigenvalue weighted by Gasteiger charge is -2.41. The minimum absolute atomic E-state index is 0.296. The Labute approximate surface area is 162 Å². The van der Waals surface area contributed by atoms with Crippen molar-refractivity contribution in [3.8, 4) is 11.1 Å². The molecule has 1 saturated heterocycles. The summed E-state index contributed by atoms with van der Waals surface area (Å²) in [6, 6.07) is 7.75. The van der Waals surface area contributed by atoms with Crippen molar-refractivity contribution in [2.24, 2.45) is 0 Å². The normalized spacial score (nSPS) is 15.4. The summed E-state index contributed by atoms with van der Waals surface area (Å²) in [5.74, 6) is -1.26. The average molecular weight is 382 g/mol. The van der Waals surface area contributed by atoms with Gasteiger partial charge in [0.15, 0.2) is 0 Å². The summed E-state index contributed by atoms with van der Waals surface area (Å²) in [5.41, 5.74) is 3.91. The van der Waals surface area contributed by atoms with Crippen molar-refractivity contribution < 1.29 is 23.5 Å². The number of furan rings is 1. The van der Waals surface area contributed by atoms with Crippen LogP contribution in [0.1, 0.15) is 21.7 Å². The molecule has 3 aromatic rings. The molecular weight excluding hydrogens is 360 g/mol. The predicted molar refractivity (Wildman–Crippen MR) is 103 cm³/mol. The molecule has 2 N–H and O–H groups in total. The maximum atomic E-state index is 12.8. The number of carbonyl (C=O) groups excluding carboxylic acids is 2. The van der Waals surface area contributed by atoms with E-state index in [1.807, 2.05) is 38.1 Å². The van der Waals surface area contributed by atoms with E-state index < -0.39 is 17.2 Å². The van der Waals surface area contributed by atoms with Gasteiger partial charge in [0.25, 0.3) is 11.7 Å². The van der Waals surface area contributed by atoms with Crippen LogP contribution in [0, 0.1) is 13.8 Å². The van der Waals surface area contributed by atoms with E-state index in [1.54, 1.807) is 13.4 Å². The first-order valence-electron chi connectivity index (χ1n) is 9.04. The first-order chi connectivity index (χ1) is 13.4. The standard InChI is InChI=1S/C21H22N2O5/c1-12-17(15-4-5-16-14(8-15)6-7-28-16)13(2)22-18(12)19(24)20(25)23-21(9-26-3)10-27-11-21/h4-8,22H,9-11H2,1-3H3,(H,23,25). The first kappa shape index (κ1) is 18.5. The topological polar surface area (TPSA) is 93.6 Å². The van der Waals surface area contributed by atoms with Crippen LogP contribution in [0.25, 0.3) is 22.1 Å². The number of ketones is 1. The summed E-state index contributed by atoms with van der Waals surface area (Å²) < 4.78 is 15.7. The van der Waals surface area contributed by atoms with Crippen LogP contribution < -0.4 is 5.32 Å². The van der Waals surface area contributed by atoms with E-state index in [2.05, 4.69) is 10.3 Å². The molecule has 1 aliphatic heterocycles. The molecule has 2 aromatic heterocycles. The van der Waals surface area contributed by atoms with Gasteiger partial charge in [-0.15, -0.1) is 0 Å². The number of hydrogen-bond acceptors (Lipinski definition) is 5. The van der Waals surface area contributed by atoms with Crippen LogP contribution in [-0.2, 0) is 14.3 Å². The maximum absolute atomic E-state index is 12.8. The molecule has 0 unspecified atom stereocenters. The summed E-state index contributed by atoms with van der Waals surface area (Å²) in [4.78, 5) is 28.5. The Balaban J connectivity index is 1.63. The zero-order valence-corrected chi connectivity index (χ0v) is 16.0. The molecule has 4 rings (SSSR count). The minimum Gasteiger partial charge on any atom is -0.464 e. The van der Waals surface area contributed by atoms with E-state index in [4.69, 9.17) is 13.9 Å². The maximum Gasteiger partial charge on any atom is 0.294 e. The van der Waals surface area contributed by atoms with Crippen molar-refractivity contribution in [1.82, 2.24) is 10.3 Å². The van der Waals surface area contributed by atoms with Gasteiger partial charge in [-0.05, 0) is 43.2 Å². The molecule has 7 heteroatoms. The third-order valence-corrected chi connectivity index (χ3v) is 5.17. The molecule has 0 aliphatic carbocycles. The zero-order valence-electron chi connectivity index (χ0n) is 16.0. The number of hydrogen-bond donors (Lipinski definition) is 2. The second kappa shape index (κ2) is 6.92. The number of aryl methyl sites for hydroxylation is 1. The summed E-state index contributed by atoms with van der Waals surface area (Å²) in [6.07, 6.45) is 1.64. The van der Waals surface area contributed by atoms with E-state index in [0.717, 1.165) is 33.4 Å². The highest BCUT2D eigenvalue weighted by atomic mass is 16.5. The lowest BCUT2D eigenvalue weighted by Crippen LogP contribution is -2.65. The van der Waals surface area contributed by atoms with Gasteiger partial charge in [-0.2, -0.15) is 0 Å². The predicted octanol–water partition coefficient (Wildman–Crippen LogP) is 2.76. The second-order valence-corrected chi connectivity index (χ2v) is 7.29. The van der Waals surface area contributed by atoms with Crippen LogP contribution in [0.15, 0.2) is 34.9 Å². The fraction of sp³-hybridized carbons (Fsp3) is 0.333. The largest absolute Gasteiger partial charge is 0.464 e. The number of Topliss-reactive ketones (excluding diaryl/α,β-unsaturated/α-hetero) is 1. The third kappa shape index (κ3) is 3.02. The van der Waals surface area contributed by atoms with Gasteiger partial charge >= 0.3 is 0 Å². The van der Waals surface area contributed by atoms with E-state index in [1.165, 1.54) is 0 Å². The average Bonchev–Trinajstić information content (AvgIpc) is 3.22. The number of aromatic amines is 1. The van der Waals surface area contributed by atoms with E-state index in [9.17, 15) is 9.59 Å². The Morgan fingerprint density at radius 1 is 1.25 bits per heavy atom. The number of ether oxygens (including phenoxy) is 2. The number of carbonyl (C=O) groups is 2. The molecule has 3 heterocycles. The number of H-pyrrole nitrogens is 1. The number of fused-ring (bicyclic) bond motifs is 1. The van der Waals surface area contributed by atoms with Crippen LogP contribution in [-0.4, -0.2) is 49.1 Å². The molecule has 28 heavy (non-hydrogen) atoms. The van der Waals surface area contributed by atoms with Gasteiger partial charge in [-0.1, -0.05) is 6.07 Å². The summed E-state index contributed by atoms with van der Waals surface area (Å²) in [6.45, 7) is 4.70. The van der Waals surface area contributed by atoms with Crippen LogP contribution in [0.2, 0.25) is 0 Å². The van der Waals surface area contributed by atoms with Crippen molar-refractivity contribution in [2.45, 2.75) is 19.4 Å². The summed E-state index contributed by atoms with van der Waals surface area (Å²) >= 11 is 0. The molecule has 1 aromatic carbocycles. The van der Waals surface area contributed by atoms with Crippen molar-refractivity contribution in [3.63, 3.8) is 0 Å². The molecule has 1 amide bonds. The Morgan fingerprint density at radius 2 is 2.04 bits per heavy atom. The lowest BCUT2D eigenvalue weighted by atomic mass is 9.97. The molecule has 0 saturated carbocycles. The highest BCUT2D eigenvalue weighted by Gasteiger charge is 2.41. The number of benzene rings is 1.